The highest BCUT2D eigenvalue weighted by Crippen LogP contribution is 2.26. The molecule has 6 heteroatoms. The van der Waals surface area contributed by atoms with Gasteiger partial charge in [0.1, 0.15) is 6.04 Å². The van der Waals surface area contributed by atoms with Crippen molar-refractivity contribution in [2.24, 2.45) is 5.41 Å². The van der Waals surface area contributed by atoms with Crippen molar-refractivity contribution >= 4 is 28.5 Å². The van der Waals surface area contributed by atoms with Gasteiger partial charge in [-0.1, -0.05) is 39.0 Å². The number of carbonyl (C=O) groups excluding carboxylic acids is 3. The highest BCUT2D eigenvalue weighted by molar-refractivity contribution is 6.38. The summed E-state index contributed by atoms with van der Waals surface area (Å²) in [7, 11) is 0. The van der Waals surface area contributed by atoms with Crippen LogP contribution >= 0.6 is 0 Å². The lowest BCUT2D eigenvalue weighted by molar-refractivity contribution is -0.149. The van der Waals surface area contributed by atoms with Crippen LogP contribution in [0.2, 0.25) is 0 Å². The molecular formula is C19H23N3O3. The molecule has 1 atom stereocenters. The van der Waals surface area contributed by atoms with Gasteiger partial charge in [0.15, 0.2) is 0 Å². The largest absolute Gasteiger partial charge is 0.324 e. The molecular weight excluding hydrogens is 318 g/mol. The molecule has 2 heterocycles. The Morgan fingerprint density at radius 2 is 1.96 bits per heavy atom. The first kappa shape index (κ1) is 17.3. The van der Waals surface area contributed by atoms with Crippen molar-refractivity contribution < 1.29 is 14.4 Å². The normalized spacial score (nSPS) is 17.9. The Labute approximate surface area is 146 Å². The minimum Gasteiger partial charge on any atom is -0.324 e. The molecule has 0 N–H and O–H groups in total. The summed E-state index contributed by atoms with van der Waals surface area (Å²) in [6.45, 7) is 5.84. The van der Waals surface area contributed by atoms with E-state index in [0.29, 0.717) is 31.3 Å². The molecule has 1 amide bonds. The first-order valence-corrected chi connectivity index (χ1v) is 8.69. The predicted molar refractivity (Wildman–Crippen MR) is 94.2 cm³/mol. The lowest BCUT2D eigenvalue weighted by Gasteiger charge is -2.27. The van der Waals surface area contributed by atoms with Crippen molar-refractivity contribution in [1.29, 1.82) is 0 Å². The van der Waals surface area contributed by atoms with Crippen molar-refractivity contribution in [2.45, 2.75) is 46.1 Å². The summed E-state index contributed by atoms with van der Waals surface area (Å²) in [6, 6.07) is 6.81. The van der Waals surface area contributed by atoms with Crippen molar-refractivity contribution in [3.8, 4) is 0 Å². The van der Waals surface area contributed by atoms with E-state index in [4.69, 9.17) is 0 Å². The minimum absolute atomic E-state index is 0.255. The highest BCUT2D eigenvalue weighted by atomic mass is 16.2. The third-order valence-electron chi connectivity index (χ3n) is 5.18. The number of benzene rings is 1. The van der Waals surface area contributed by atoms with E-state index in [9.17, 15) is 14.4 Å². The SMILES string of the molecule is CCC(C)(C)C(=O)C(=O)N1CCC[C@H]1C(=O)n1ncc2ccccc21. The average molecular weight is 341 g/mol. The van der Waals surface area contributed by atoms with Gasteiger partial charge in [0.05, 0.1) is 11.7 Å². The molecule has 0 unspecified atom stereocenters. The Morgan fingerprint density at radius 1 is 1.24 bits per heavy atom. The van der Waals surface area contributed by atoms with Gasteiger partial charge in [-0.25, -0.2) is 0 Å². The number of likely N-dealkylation sites (tertiary alicyclic amines) is 1. The van der Waals surface area contributed by atoms with Crippen LogP contribution in [-0.2, 0) is 9.59 Å². The van der Waals surface area contributed by atoms with Gasteiger partial charge in [-0.2, -0.15) is 9.78 Å². The molecule has 2 aromatic rings. The number of para-hydroxylation sites is 1. The molecule has 132 valence electrons. The maximum Gasteiger partial charge on any atom is 0.291 e. The Kier molecular flexibility index (Phi) is 4.45. The molecule has 1 aromatic carbocycles. The average Bonchev–Trinajstić information content (AvgIpc) is 3.26. The molecule has 0 radical (unpaired) electrons. The van der Waals surface area contributed by atoms with Gasteiger partial charge in [0.25, 0.3) is 11.8 Å². The molecule has 1 aliphatic heterocycles. The van der Waals surface area contributed by atoms with Gasteiger partial charge in [-0.05, 0) is 25.3 Å². The maximum atomic E-state index is 13.0. The third kappa shape index (κ3) is 2.97. The fourth-order valence-electron chi connectivity index (χ4n) is 3.14. The molecule has 0 spiro atoms. The molecule has 0 saturated carbocycles. The molecule has 1 saturated heterocycles. The number of hydrogen-bond acceptors (Lipinski definition) is 4. The fraction of sp³-hybridized carbons (Fsp3) is 0.474. The first-order chi connectivity index (χ1) is 11.9. The topological polar surface area (TPSA) is 72.3 Å². The number of amides is 1. The monoisotopic (exact) mass is 341 g/mol. The second-order valence-corrected chi connectivity index (χ2v) is 7.18. The Bertz CT molecular complexity index is 837. The second kappa shape index (κ2) is 6.43. The van der Waals surface area contributed by atoms with E-state index in [1.165, 1.54) is 9.58 Å². The summed E-state index contributed by atoms with van der Waals surface area (Å²) in [5.41, 5.74) is -0.00177. The van der Waals surface area contributed by atoms with Crippen LogP contribution in [0.5, 0.6) is 0 Å². The van der Waals surface area contributed by atoms with Gasteiger partial charge in [-0.3, -0.25) is 14.4 Å². The van der Waals surface area contributed by atoms with Crippen LogP contribution in [0.3, 0.4) is 0 Å². The van der Waals surface area contributed by atoms with E-state index in [2.05, 4.69) is 5.10 Å². The minimum atomic E-state index is -0.717. The molecule has 1 fully saturated rings. The predicted octanol–water partition coefficient (Wildman–Crippen LogP) is 2.67. The zero-order chi connectivity index (χ0) is 18.2. The Morgan fingerprint density at radius 3 is 2.68 bits per heavy atom. The van der Waals surface area contributed by atoms with Crippen molar-refractivity contribution in [2.75, 3.05) is 6.54 Å². The van der Waals surface area contributed by atoms with Crippen LogP contribution in [-0.4, -0.2) is 44.9 Å². The first-order valence-electron chi connectivity index (χ1n) is 8.69. The number of ketones is 1. The summed E-state index contributed by atoms with van der Waals surface area (Å²) in [4.78, 5) is 39.6. The third-order valence-corrected chi connectivity index (χ3v) is 5.18. The van der Waals surface area contributed by atoms with E-state index in [0.717, 1.165) is 5.39 Å². The van der Waals surface area contributed by atoms with E-state index in [1.54, 1.807) is 20.0 Å². The van der Waals surface area contributed by atoms with Gasteiger partial charge >= 0.3 is 0 Å². The van der Waals surface area contributed by atoms with Crippen molar-refractivity contribution in [3.05, 3.63) is 30.5 Å². The van der Waals surface area contributed by atoms with E-state index in [1.807, 2.05) is 31.2 Å². The number of hydrogen-bond donors (Lipinski definition) is 0. The lowest BCUT2D eigenvalue weighted by atomic mass is 9.84. The number of rotatable bonds is 4. The molecule has 0 bridgehead atoms. The summed E-state index contributed by atoms with van der Waals surface area (Å²) in [5, 5.41) is 5.06. The summed E-state index contributed by atoms with van der Waals surface area (Å²) >= 11 is 0. The smallest absolute Gasteiger partial charge is 0.291 e. The van der Waals surface area contributed by atoms with Gasteiger partial charge in [0.2, 0.25) is 5.78 Å². The molecule has 3 rings (SSSR count). The van der Waals surface area contributed by atoms with E-state index in [-0.39, 0.29) is 5.91 Å². The Hall–Kier alpha value is -2.50. The molecule has 25 heavy (non-hydrogen) atoms. The van der Waals surface area contributed by atoms with Crippen molar-refractivity contribution in [1.82, 2.24) is 14.7 Å². The van der Waals surface area contributed by atoms with E-state index >= 15 is 0 Å². The van der Waals surface area contributed by atoms with Crippen LogP contribution in [0.1, 0.15) is 44.8 Å². The zero-order valence-electron chi connectivity index (χ0n) is 14.9. The second-order valence-electron chi connectivity index (χ2n) is 7.18. The molecule has 1 aliphatic rings. The number of fused-ring (bicyclic) bond motifs is 1. The fourth-order valence-corrected chi connectivity index (χ4v) is 3.14. The summed E-state index contributed by atoms with van der Waals surface area (Å²) in [6.07, 6.45) is 3.48. The summed E-state index contributed by atoms with van der Waals surface area (Å²) in [5.74, 6) is -1.24. The quantitative estimate of drug-likeness (QED) is 0.802. The van der Waals surface area contributed by atoms with Crippen LogP contribution in [0, 0.1) is 5.41 Å². The molecule has 6 nitrogen and oxygen atoms in total. The van der Waals surface area contributed by atoms with Crippen LogP contribution in [0.15, 0.2) is 30.5 Å². The van der Waals surface area contributed by atoms with Crippen LogP contribution in [0.25, 0.3) is 10.9 Å². The zero-order valence-corrected chi connectivity index (χ0v) is 14.9. The van der Waals surface area contributed by atoms with Crippen molar-refractivity contribution in [3.63, 3.8) is 0 Å². The highest BCUT2D eigenvalue weighted by Gasteiger charge is 2.41. The lowest BCUT2D eigenvalue weighted by Crippen LogP contribution is -2.48. The molecule has 0 aliphatic carbocycles. The van der Waals surface area contributed by atoms with Gasteiger partial charge in [0, 0.05) is 17.3 Å². The van der Waals surface area contributed by atoms with Gasteiger partial charge < -0.3 is 4.90 Å². The Balaban J connectivity index is 1.88. The molecule has 1 aromatic heterocycles. The van der Waals surface area contributed by atoms with Crippen LogP contribution < -0.4 is 0 Å². The van der Waals surface area contributed by atoms with Crippen LogP contribution in [0.4, 0.5) is 0 Å². The maximum absolute atomic E-state index is 13.0. The van der Waals surface area contributed by atoms with E-state index < -0.39 is 23.1 Å². The summed E-state index contributed by atoms with van der Waals surface area (Å²) < 4.78 is 1.35. The number of aromatic nitrogens is 2. The number of carbonyl (C=O) groups is 3. The number of nitrogens with zero attached hydrogens (tertiary/aromatic N) is 3. The standard InChI is InChI=1S/C19H23N3O3/c1-4-19(2,3)16(23)18(25)21-11-7-10-15(21)17(24)22-14-9-6-5-8-13(14)12-20-22/h5-6,8-9,12,15H,4,7,10-11H2,1-3H3/t15-/m0/s1. The number of Topliss-reactive ketones (excluding diaryl/α,β-unsaturated/α-hetero) is 1. The van der Waals surface area contributed by atoms with Gasteiger partial charge in [-0.15, -0.1) is 0 Å².